The van der Waals surface area contributed by atoms with Crippen molar-refractivity contribution in [3.63, 3.8) is 0 Å². The first-order valence-corrected chi connectivity index (χ1v) is 3.71. The Morgan fingerprint density at radius 2 is 2.00 bits per heavy atom. The van der Waals surface area contributed by atoms with Crippen LogP contribution in [0.1, 0.15) is 13.3 Å². The van der Waals surface area contributed by atoms with Crippen LogP contribution in [0.5, 0.6) is 0 Å². The van der Waals surface area contributed by atoms with Gasteiger partial charge >= 0.3 is 0 Å². The van der Waals surface area contributed by atoms with E-state index in [9.17, 15) is 0 Å². The summed E-state index contributed by atoms with van der Waals surface area (Å²) in [5.74, 6) is 0. The number of hydrogen-bond donors (Lipinski definition) is 0. The molecule has 0 bridgehead atoms. The monoisotopic (exact) mass is 176 g/mol. The van der Waals surface area contributed by atoms with Crippen LogP contribution >= 0.6 is 0 Å². The lowest BCUT2D eigenvalue weighted by molar-refractivity contribution is 0.547. The number of azide groups is 1. The summed E-state index contributed by atoms with van der Waals surface area (Å²) in [4.78, 5) is 5.31. The van der Waals surface area contributed by atoms with Crippen LogP contribution in [-0.4, -0.2) is 5.66 Å². The highest BCUT2D eigenvalue weighted by molar-refractivity contribution is 5.27. The minimum Gasteiger partial charge on any atom is -0.0805 e. The second-order valence-corrected chi connectivity index (χ2v) is 2.74. The number of allylic oxidation sites excluding steroid dienone is 2. The highest BCUT2D eigenvalue weighted by Crippen LogP contribution is 2.26. The van der Waals surface area contributed by atoms with E-state index in [1.165, 1.54) is 0 Å². The molecule has 0 fully saturated rings. The molecule has 0 N–H and O–H groups in total. The van der Waals surface area contributed by atoms with Gasteiger partial charge in [0.1, 0.15) is 5.66 Å². The predicted octanol–water partition coefficient (Wildman–Crippen LogP) is 3.21. The third kappa shape index (κ3) is 2.02. The van der Waals surface area contributed by atoms with Gasteiger partial charge in [0.25, 0.3) is 0 Å². The average molecular weight is 176 g/mol. The van der Waals surface area contributed by atoms with Gasteiger partial charge in [0, 0.05) is 9.82 Å². The van der Waals surface area contributed by atoms with Gasteiger partial charge < -0.3 is 0 Å². The molecule has 0 aromatic carbocycles. The Kier molecular flexibility index (Phi) is 2.59. The fourth-order valence-electron chi connectivity index (χ4n) is 1.04. The largest absolute Gasteiger partial charge is 0.149 e. The maximum Gasteiger partial charge on any atom is 0.149 e. The molecule has 1 rings (SSSR count). The Morgan fingerprint density at radius 1 is 1.38 bits per heavy atom. The Bertz CT molecular complexity index is 335. The van der Waals surface area contributed by atoms with Gasteiger partial charge in [-0.1, -0.05) is 34.0 Å². The molecule has 1 aliphatic rings. The van der Waals surface area contributed by atoms with Crippen molar-refractivity contribution in [1.29, 1.82) is 0 Å². The van der Waals surface area contributed by atoms with E-state index in [0.29, 0.717) is 6.42 Å². The minimum absolute atomic E-state index is 0.420. The molecule has 66 valence electrons. The molecule has 0 amide bonds. The summed E-state index contributed by atoms with van der Waals surface area (Å²) in [5, 5.41) is 6.94. The lowest BCUT2D eigenvalue weighted by Gasteiger charge is -2.20. The number of nitrogens with zero attached hydrogens (tertiary/aromatic N) is 6. The molecular formula is C7H8N6. The van der Waals surface area contributed by atoms with Gasteiger partial charge in [-0.25, -0.2) is 0 Å². The maximum absolute atomic E-state index is 8.30. The molecule has 6 heteroatoms. The van der Waals surface area contributed by atoms with Crippen molar-refractivity contribution in [2.75, 3.05) is 0 Å². The maximum atomic E-state index is 8.30. The van der Waals surface area contributed by atoms with Gasteiger partial charge in [-0.15, -0.1) is 0 Å². The third-order valence-corrected chi connectivity index (χ3v) is 1.77. The van der Waals surface area contributed by atoms with Gasteiger partial charge in [-0.05, 0) is 24.4 Å². The standard InChI is InChI=1S/C7H8N6/c1-6-2-4-7(5-3-6,10-12-8)11-13-9/h2-4H,5H2,1H3. The zero-order chi connectivity index (χ0) is 9.73. The highest BCUT2D eigenvalue weighted by atomic mass is 15.3. The molecule has 0 aliphatic heterocycles. The van der Waals surface area contributed by atoms with E-state index in [0.717, 1.165) is 5.57 Å². The van der Waals surface area contributed by atoms with E-state index in [2.05, 4.69) is 20.1 Å². The van der Waals surface area contributed by atoms with Gasteiger partial charge in [-0.3, -0.25) is 0 Å². The molecule has 0 atom stereocenters. The van der Waals surface area contributed by atoms with Crippen LogP contribution < -0.4 is 0 Å². The van der Waals surface area contributed by atoms with E-state index in [1.807, 2.05) is 13.0 Å². The fraction of sp³-hybridized carbons (Fsp3) is 0.429. The normalized spacial score (nSPS) is 25.5. The third-order valence-electron chi connectivity index (χ3n) is 1.77. The second-order valence-electron chi connectivity index (χ2n) is 2.74. The molecule has 0 radical (unpaired) electrons. The molecule has 0 spiro atoms. The van der Waals surface area contributed by atoms with Crippen LogP contribution in [0.2, 0.25) is 0 Å². The van der Waals surface area contributed by atoms with Crippen LogP contribution in [0.25, 0.3) is 20.9 Å². The van der Waals surface area contributed by atoms with E-state index < -0.39 is 5.66 Å². The Labute approximate surface area is 74.8 Å². The summed E-state index contributed by atoms with van der Waals surface area (Å²) in [6, 6.07) is 0. The fourth-order valence-corrected chi connectivity index (χ4v) is 1.04. The average Bonchev–Trinajstić information content (AvgIpc) is 2.11. The molecule has 0 aromatic rings. The van der Waals surface area contributed by atoms with E-state index >= 15 is 0 Å². The topological polar surface area (TPSA) is 97.5 Å². The smallest absolute Gasteiger partial charge is 0.0805 e. The lowest BCUT2D eigenvalue weighted by Crippen LogP contribution is -2.19. The van der Waals surface area contributed by atoms with Gasteiger partial charge in [-0.2, -0.15) is 0 Å². The van der Waals surface area contributed by atoms with Crippen molar-refractivity contribution < 1.29 is 0 Å². The van der Waals surface area contributed by atoms with Crippen molar-refractivity contribution in [2.24, 2.45) is 10.2 Å². The summed E-state index contributed by atoms with van der Waals surface area (Å²) >= 11 is 0. The molecule has 0 heterocycles. The van der Waals surface area contributed by atoms with Crippen molar-refractivity contribution in [2.45, 2.75) is 19.0 Å². The van der Waals surface area contributed by atoms with E-state index in [-0.39, 0.29) is 0 Å². The molecule has 1 aliphatic carbocycles. The van der Waals surface area contributed by atoms with Crippen LogP contribution in [-0.2, 0) is 0 Å². The molecule has 0 saturated heterocycles. The first kappa shape index (κ1) is 9.19. The van der Waals surface area contributed by atoms with Crippen LogP contribution in [0, 0.1) is 0 Å². The van der Waals surface area contributed by atoms with Gasteiger partial charge in [0.05, 0.1) is 0 Å². The van der Waals surface area contributed by atoms with Crippen molar-refractivity contribution in [3.05, 3.63) is 44.7 Å². The molecular weight excluding hydrogens is 168 g/mol. The quantitative estimate of drug-likeness (QED) is 0.350. The predicted molar refractivity (Wildman–Crippen MR) is 48.5 cm³/mol. The van der Waals surface area contributed by atoms with Crippen molar-refractivity contribution in [1.82, 2.24) is 0 Å². The highest BCUT2D eigenvalue weighted by Gasteiger charge is 2.24. The summed E-state index contributed by atoms with van der Waals surface area (Å²) in [7, 11) is 0. The SMILES string of the molecule is CC1=CCC(N=[N+]=[N-])(N=[N+]=[N-])C=C1. The number of rotatable bonds is 2. The van der Waals surface area contributed by atoms with Gasteiger partial charge in [0.2, 0.25) is 0 Å². The summed E-state index contributed by atoms with van der Waals surface area (Å²) in [5.41, 5.74) is 16.6. The van der Waals surface area contributed by atoms with Gasteiger partial charge in [0.15, 0.2) is 0 Å². The Morgan fingerprint density at radius 3 is 2.38 bits per heavy atom. The van der Waals surface area contributed by atoms with E-state index in [4.69, 9.17) is 11.1 Å². The molecule has 0 aromatic heterocycles. The van der Waals surface area contributed by atoms with Crippen LogP contribution in [0.4, 0.5) is 0 Å². The zero-order valence-corrected chi connectivity index (χ0v) is 7.12. The van der Waals surface area contributed by atoms with E-state index in [1.54, 1.807) is 12.2 Å². The van der Waals surface area contributed by atoms with Crippen molar-refractivity contribution in [3.8, 4) is 0 Å². The summed E-state index contributed by atoms with van der Waals surface area (Å²) in [6.45, 7) is 1.92. The Hall–Kier alpha value is -1.90. The Balaban J connectivity index is 3.03. The van der Waals surface area contributed by atoms with Crippen molar-refractivity contribution >= 4 is 0 Å². The number of hydrogen-bond acceptors (Lipinski definition) is 2. The summed E-state index contributed by atoms with van der Waals surface area (Å²) < 4.78 is 0. The van der Waals surface area contributed by atoms with Crippen LogP contribution in [0.3, 0.4) is 0 Å². The zero-order valence-electron chi connectivity index (χ0n) is 7.12. The summed E-state index contributed by atoms with van der Waals surface area (Å²) in [6.07, 6.45) is 5.67. The molecule has 13 heavy (non-hydrogen) atoms. The molecule has 0 saturated carbocycles. The molecule has 6 nitrogen and oxygen atoms in total. The van der Waals surface area contributed by atoms with Crippen LogP contribution in [0.15, 0.2) is 34.0 Å². The minimum atomic E-state index is -1.08. The lowest BCUT2D eigenvalue weighted by atomic mass is 9.99. The first-order valence-electron chi connectivity index (χ1n) is 3.71. The second kappa shape index (κ2) is 3.67. The first-order chi connectivity index (χ1) is 6.22. The molecule has 0 unspecified atom stereocenters.